The highest BCUT2D eigenvalue weighted by atomic mass is 17.3. The van der Waals surface area contributed by atoms with Crippen molar-refractivity contribution in [3.63, 3.8) is 0 Å². The molecule has 2 bridgehead atoms. The standard InChI is InChI=1S/C30H34O6/c1-17-12-13-25-18(2)27(33-28-30(25)24(17)14-15-29(3,34-28)35-36-30)32-26(31)16-23-21-10-6-4-8-19(21)20-9-5-7-11-22(20)23/h4-11,17-18,23-25,27-28H,12-16H2,1-3H3/t17-,18-,24+,25+,27-,28-,29+,30-/m1/s1. The van der Waals surface area contributed by atoms with Gasteiger partial charge in [-0.25, -0.2) is 9.78 Å². The summed E-state index contributed by atoms with van der Waals surface area (Å²) < 4.78 is 19.0. The minimum absolute atomic E-state index is 0.0177. The molecule has 2 aromatic rings. The van der Waals surface area contributed by atoms with Crippen LogP contribution in [0.3, 0.4) is 0 Å². The lowest BCUT2D eigenvalue weighted by molar-refractivity contribution is -0.576. The Morgan fingerprint density at radius 1 is 0.944 bits per heavy atom. The number of hydrogen-bond acceptors (Lipinski definition) is 6. The molecule has 190 valence electrons. The van der Waals surface area contributed by atoms with Crippen LogP contribution in [0.5, 0.6) is 0 Å². The molecule has 36 heavy (non-hydrogen) atoms. The Balaban J connectivity index is 1.14. The van der Waals surface area contributed by atoms with E-state index in [1.165, 1.54) is 22.3 Å². The monoisotopic (exact) mass is 490 g/mol. The Kier molecular flexibility index (Phi) is 5.17. The van der Waals surface area contributed by atoms with E-state index in [1.807, 2.05) is 19.1 Å². The maximum atomic E-state index is 13.4. The predicted octanol–water partition coefficient (Wildman–Crippen LogP) is 5.94. The van der Waals surface area contributed by atoms with Crippen molar-refractivity contribution in [2.45, 2.75) is 82.8 Å². The van der Waals surface area contributed by atoms with Crippen LogP contribution >= 0.6 is 0 Å². The van der Waals surface area contributed by atoms with Crippen LogP contribution in [0.4, 0.5) is 0 Å². The van der Waals surface area contributed by atoms with Crippen molar-refractivity contribution >= 4 is 5.97 Å². The Morgan fingerprint density at radius 3 is 2.36 bits per heavy atom. The van der Waals surface area contributed by atoms with Gasteiger partial charge in [-0.05, 0) is 60.3 Å². The average molecular weight is 491 g/mol. The van der Waals surface area contributed by atoms with Crippen LogP contribution in [-0.2, 0) is 28.8 Å². The predicted molar refractivity (Wildman–Crippen MR) is 131 cm³/mol. The largest absolute Gasteiger partial charge is 0.435 e. The molecule has 8 rings (SSSR count). The number of esters is 1. The Morgan fingerprint density at radius 2 is 1.64 bits per heavy atom. The van der Waals surface area contributed by atoms with E-state index in [2.05, 4.69) is 50.2 Å². The third kappa shape index (κ3) is 3.21. The summed E-state index contributed by atoms with van der Waals surface area (Å²) in [7, 11) is 0. The number of benzene rings is 2. The lowest BCUT2D eigenvalue weighted by Crippen LogP contribution is -2.70. The van der Waals surface area contributed by atoms with Gasteiger partial charge in [0.15, 0.2) is 11.9 Å². The Labute approximate surface area is 212 Å². The van der Waals surface area contributed by atoms with Gasteiger partial charge in [0, 0.05) is 24.2 Å². The van der Waals surface area contributed by atoms with Crippen LogP contribution in [0.15, 0.2) is 48.5 Å². The summed E-state index contributed by atoms with van der Waals surface area (Å²) in [5.41, 5.74) is 4.11. The molecule has 6 heteroatoms. The van der Waals surface area contributed by atoms with Gasteiger partial charge in [-0.2, -0.15) is 0 Å². The van der Waals surface area contributed by atoms with Crippen LogP contribution in [0.1, 0.15) is 69.9 Å². The second-order valence-electron chi connectivity index (χ2n) is 11.7. The zero-order valence-electron chi connectivity index (χ0n) is 21.1. The summed E-state index contributed by atoms with van der Waals surface area (Å²) in [5.74, 6) is -0.226. The van der Waals surface area contributed by atoms with Crippen LogP contribution in [-0.4, -0.2) is 29.9 Å². The lowest BCUT2D eigenvalue weighted by Gasteiger charge is -2.59. The van der Waals surface area contributed by atoms with Gasteiger partial charge in [-0.15, -0.1) is 0 Å². The summed E-state index contributed by atoms with van der Waals surface area (Å²) in [5, 5.41) is 0. The van der Waals surface area contributed by atoms with E-state index in [9.17, 15) is 4.79 Å². The second-order valence-corrected chi connectivity index (χ2v) is 11.7. The van der Waals surface area contributed by atoms with E-state index in [4.69, 9.17) is 24.0 Å². The van der Waals surface area contributed by atoms with Crippen LogP contribution in [0.25, 0.3) is 11.1 Å². The minimum Gasteiger partial charge on any atom is -0.435 e. The van der Waals surface area contributed by atoms with E-state index in [0.29, 0.717) is 5.92 Å². The fourth-order valence-electron chi connectivity index (χ4n) is 7.83. The molecule has 5 fully saturated rings. The molecule has 6 nitrogen and oxygen atoms in total. The van der Waals surface area contributed by atoms with E-state index in [-0.39, 0.29) is 36.1 Å². The van der Waals surface area contributed by atoms with Gasteiger partial charge in [0.1, 0.15) is 0 Å². The molecule has 1 spiro atoms. The molecule has 4 aliphatic heterocycles. The van der Waals surface area contributed by atoms with E-state index in [0.717, 1.165) is 25.7 Å². The van der Waals surface area contributed by atoms with Crippen molar-refractivity contribution in [2.24, 2.45) is 23.7 Å². The van der Waals surface area contributed by atoms with E-state index in [1.54, 1.807) is 0 Å². The molecule has 1 saturated carbocycles. The van der Waals surface area contributed by atoms with Gasteiger partial charge in [-0.3, -0.25) is 4.79 Å². The van der Waals surface area contributed by atoms with Gasteiger partial charge in [0.2, 0.25) is 12.1 Å². The number of carbonyl (C=O) groups excluding carboxylic acids is 1. The first-order valence-corrected chi connectivity index (χ1v) is 13.5. The van der Waals surface area contributed by atoms with Crippen LogP contribution in [0, 0.1) is 23.7 Å². The zero-order valence-corrected chi connectivity index (χ0v) is 21.1. The first-order chi connectivity index (χ1) is 17.4. The smallest absolute Gasteiger partial charge is 0.309 e. The van der Waals surface area contributed by atoms with Crippen molar-refractivity contribution in [1.82, 2.24) is 0 Å². The van der Waals surface area contributed by atoms with E-state index < -0.39 is 24.0 Å². The molecule has 0 unspecified atom stereocenters. The maximum Gasteiger partial charge on any atom is 0.309 e. The Hall–Kier alpha value is -2.25. The summed E-state index contributed by atoms with van der Waals surface area (Å²) in [6, 6.07) is 16.7. The van der Waals surface area contributed by atoms with Crippen molar-refractivity contribution in [3.05, 3.63) is 59.7 Å². The third-order valence-corrected chi connectivity index (χ3v) is 9.68. The highest BCUT2D eigenvalue weighted by molar-refractivity contribution is 5.82. The number of rotatable bonds is 3. The minimum atomic E-state index is -0.843. The first-order valence-electron chi connectivity index (χ1n) is 13.5. The normalized spacial score (nSPS) is 40.6. The summed E-state index contributed by atoms with van der Waals surface area (Å²) in [6.45, 7) is 6.32. The molecule has 6 aliphatic rings. The molecule has 0 radical (unpaired) electrons. The fraction of sp³-hybridized carbons (Fsp3) is 0.567. The molecule has 0 aromatic heterocycles. The first kappa shape index (κ1) is 22.9. The molecular formula is C30H34O6. The number of carbonyl (C=O) groups is 1. The highest BCUT2D eigenvalue weighted by Crippen LogP contribution is 2.60. The van der Waals surface area contributed by atoms with Crippen molar-refractivity contribution in [3.8, 4) is 11.1 Å². The quantitative estimate of drug-likeness (QED) is 0.392. The average Bonchev–Trinajstić information content (AvgIpc) is 2.99. The highest BCUT2D eigenvalue weighted by Gasteiger charge is 2.69. The van der Waals surface area contributed by atoms with Crippen molar-refractivity contribution in [1.29, 1.82) is 0 Å². The second kappa shape index (κ2) is 8.12. The zero-order chi connectivity index (χ0) is 24.7. The summed E-state index contributed by atoms with van der Waals surface area (Å²) >= 11 is 0. The summed E-state index contributed by atoms with van der Waals surface area (Å²) in [6.07, 6.45) is 2.81. The molecule has 8 atom stereocenters. The summed E-state index contributed by atoms with van der Waals surface area (Å²) in [4.78, 5) is 25.5. The van der Waals surface area contributed by atoms with Crippen molar-refractivity contribution < 1.29 is 28.8 Å². The van der Waals surface area contributed by atoms with Gasteiger partial charge in [-0.1, -0.05) is 62.4 Å². The Bertz CT molecular complexity index is 1150. The fourth-order valence-corrected chi connectivity index (χ4v) is 7.83. The van der Waals surface area contributed by atoms with E-state index >= 15 is 0 Å². The van der Waals surface area contributed by atoms with Gasteiger partial charge in [0.05, 0.1) is 6.42 Å². The molecule has 2 aliphatic carbocycles. The maximum absolute atomic E-state index is 13.4. The molecule has 4 saturated heterocycles. The third-order valence-electron chi connectivity index (χ3n) is 9.68. The van der Waals surface area contributed by atoms with Gasteiger partial charge in [0.25, 0.3) is 0 Å². The molecule has 0 amide bonds. The van der Waals surface area contributed by atoms with Crippen LogP contribution in [0.2, 0.25) is 0 Å². The van der Waals surface area contributed by atoms with Gasteiger partial charge < -0.3 is 14.2 Å². The number of hydrogen-bond donors (Lipinski definition) is 0. The van der Waals surface area contributed by atoms with Crippen molar-refractivity contribution in [2.75, 3.05) is 0 Å². The van der Waals surface area contributed by atoms with Crippen LogP contribution < -0.4 is 0 Å². The molecule has 4 heterocycles. The lowest BCUT2D eigenvalue weighted by atomic mass is 9.58. The van der Waals surface area contributed by atoms with Gasteiger partial charge >= 0.3 is 5.97 Å². The molecule has 0 N–H and O–H groups in total. The SMILES string of the molecule is C[C@H]1[C@H](OC(=O)CC2c3ccccc3-c3ccccc32)O[C@@H]2O[C@]3(C)CC[C@H]4[C@H](C)CC[C@@H]1[C@@]24OO3. The molecular weight excluding hydrogens is 456 g/mol. The molecule has 2 aromatic carbocycles. The topological polar surface area (TPSA) is 63.2 Å². The number of fused-ring (bicyclic) bond motifs is 5. The number of ether oxygens (including phenoxy) is 3.